The minimum Gasteiger partial charge on any atom is -0.356 e. The second-order valence-corrected chi connectivity index (χ2v) is 8.54. The second kappa shape index (κ2) is 9.83. The molecule has 1 N–H and O–H groups in total. The number of nitrogens with zero attached hydrogens (tertiary/aromatic N) is 3. The molecule has 1 aliphatic heterocycles. The Morgan fingerprint density at radius 1 is 1.13 bits per heavy atom. The molecule has 4 rings (SSSR count). The van der Waals surface area contributed by atoms with E-state index in [1.807, 2.05) is 66.2 Å². The molecule has 1 aliphatic rings. The molecule has 2 aromatic carbocycles. The van der Waals surface area contributed by atoms with Crippen LogP contribution >= 0.6 is 11.8 Å². The Morgan fingerprint density at radius 2 is 1.90 bits per heavy atom. The zero-order valence-electron chi connectivity index (χ0n) is 17.6. The van der Waals surface area contributed by atoms with E-state index >= 15 is 0 Å². The van der Waals surface area contributed by atoms with Crippen molar-refractivity contribution < 1.29 is 9.59 Å². The molecule has 0 radical (unpaired) electrons. The third-order valence-corrected chi connectivity index (χ3v) is 6.38. The third-order valence-electron chi connectivity index (χ3n) is 5.34. The second-order valence-electron chi connectivity index (χ2n) is 7.53. The van der Waals surface area contributed by atoms with E-state index in [0.717, 1.165) is 34.8 Å². The van der Waals surface area contributed by atoms with Gasteiger partial charge in [0.25, 0.3) is 0 Å². The fourth-order valence-electron chi connectivity index (χ4n) is 3.66. The molecule has 3 aromatic rings. The molecule has 0 unspecified atom stereocenters. The SMILES string of the molecule is Cc1nn(-c2ccccc2)cc1CCCNC(=O)CCN1C(=O)CSc2ccccc21. The Kier molecular flexibility index (Phi) is 6.72. The van der Waals surface area contributed by atoms with E-state index < -0.39 is 0 Å². The molecule has 1 aromatic heterocycles. The van der Waals surface area contributed by atoms with Crippen LogP contribution in [-0.4, -0.2) is 40.4 Å². The van der Waals surface area contributed by atoms with Crippen LogP contribution in [0.25, 0.3) is 5.69 Å². The monoisotopic (exact) mass is 434 g/mol. The molecule has 0 fully saturated rings. The molecule has 160 valence electrons. The number of hydrogen-bond donors (Lipinski definition) is 1. The van der Waals surface area contributed by atoms with Crippen LogP contribution < -0.4 is 10.2 Å². The molecule has 0 spiro atoms. The number of amides is 2. The van der Waals surface area contributed by atoms with Crippen LogP contribution in [0.2, 0.25) is 0 Å². The van der Waals surface area contributed by atoms with E-state index in [2.05, 4.69) is 16.6 Å². The van der Waals surface area contributed by atoms with Gasteiger partial charge in [0.1, 0.15) is 0 Å². The van der Waals surface area contributed by atoms with Crippen molar-refractivity contribution in [2.45, 2.75) is 31.1 Å². The number of thioether (sulfide) groups is 1. The number of hydrogen-bond acceptors (Lipinski definition) is 4. The van der Waals surface area contributed by atoms with Crippen molar-refractivity contribution in [3.63, 3.8) is 0 Å². The molecule has 0 atom stereocenters. The van der Waals surface area contributed by atoms with Crippen molar-refractivity contribution in [1.29, 1.82) is 0 Å². The summed E-state index contributed by atoms with van der Waals surface area (Å²) in [5.74, 6) is 0.455. The first-order valence-corrected chi connectivity index (χ1v) is 11.5. The Labute approximate surface area is 186 Å². The molecule has 0 saturated heterocycles. The van der Waals surface area contributed by atoms with Gasteiger partial charge in [-0.2, -0.15) is 5.10 Å². The summed E-state index contributed by atoms with van der Waals surface area (Å²) in [4.78, 5) is 27.4. The highest BCUT2D eigenvalue weighted by Crippen LogP contribution is 2.34. The lowest BCUT2D eigenvalue weighted by Gasteiger charge is -2.28. The Morgan fingerprint density at radius 3 is 2.74 bits per heavy atom. The van der Waals surface area contributed by atoms with Gasteiger partial charge in [-0.15, -0.1) is 11.8 Å². The molecule has 2 heterocycles. The Hall–Kier alpha value is -3.06. The van der Waals surface area contributed by atoms with E-state index in [4.69, 9.17) is 0 Å². The van der Waals surface area contributed by atoms with Crippen LogP contribution in [0, 0.1) is 6.92 Å². The van der Waals surface area contributed by atoms with Gasteiger partial charge in [-0.1, -0.05) is 30.3 Å². The van der Waals surface area contributed by atoms with Gasteiger partial charge in [0, 0.05) is 30.6 Å². The summed E-state index contributed by atoms with van der Waals surface area (Å²) in [5, 5.41) is 7.57. The van der Waals surface area contributed by atoms with Gasteiger partial charge in [-0.05, 0) is 49.6 Å². The molecule has 7 heteroatoms. The summed E-state index contributed by atoms with van der Waals surface area (Å²) >= 11 is 1.55. The highest BCUT2D eigenvalue weighted by molar-refractivity contribution is 8.00. The topological polar surface area (TPSA) is 67.2 Å². The van der Waals surface area contributed by atoms with Gasteiger partial charge in [-0.25, -0.2) is 4.68 Å². The maximum atomic E-state index is 12.3. The van der Waals surface area contributed by atoms with Crippen molar-refractivity contribution in [3.8, 4) is 5.69 Å². The van der Waals surface area contributed by atoms with Crippen molar-refractivity contribution >= 4 is 29.3 Å². The fraction of sp³-hybridized carbons (Fsp3) is 0.292. The Balaban J connectivity index is 1.23. The number of fused-ring (bicyclic) bond motifs is 1. The van der Waals surface area contributed by atoms with Gasteiger partial charge in [0.05, 0.1) is 22.8 Å². The highest BCUT2D eigenvalue weighted by Gasteiger charge is 2.24. The van der Waals surface area contributed by atoms with Crippen molar-refractivity contribution in [3.05, 3.63) is 72.1 Å². The van der Waals surface area contributed by atoms with Gasteiger partial charge in [-0.3, -0.25) is 9.59 Å². The van der Waals surface area contributed by atoms with Gasteiger partial charge >= 0.3 is 0 Å². The van der Waals surface area contributed by atoms with Crippen LogP contribution in [-0.2, 0) is 16.0 Å². The van der Waals surface area contributed by atoms with Gasteiger partial charge in [0.15, 0.2) is 0 Å². The quantitative estimate of drug-likeness (QED) is 0.548. The first-order valence-electron chi connectivity index (χ1n) is 10.5. The van der Waals surface area contributed by atoms with Crippen LogP contribution in [0.4, 0.5) is 5.69 Å². The number of nitrogens with one attached hydrogen (secondary N) is 1. The van der Waals surface area contributed by atoms with E-state index in [0.29, 0.717) is 25.3 Å². The molecule has 0 aliphatic carbocycles. The number of para-hydroxylation sites is 2. The number of rotatable bonds is 8. The maximum absolute atomic E-state index is 12.3. The largest absolute Gasteiger partial charge is 0.356 e. The summed E-state index contributed by atoms with van der Waals surface area (Å²) in [6.07, 6.45) is 4.06. The smallest absolute Gasteiger partial charge is 0.237 e. The lowest BCUT2D eigenvalue weighted by atomic mass is 10.1. The fourth-order valence-corrected chi connectivity index (χ4v) is 4.60. The summed E-state index contributed by atoms with van der Waals surface area (Å²) in [7, 11) is 0. The molecular formula is C24H26N4O2S. The van der Waals surface area contributed by atoms with Crippen LogP contribution in [0.5, 0.6) is 0 Å². The summed E-state index contributed by atoms with van der Waals surface area (Å²) < 4.78 is 1.90. The maximum Gasteiger partial charge on any atom is 0.237 e. The zero-order chi connectivity index (χ0) is 21.6. The van der Waals surface area contributed by atoms with Crippen LogP contribution in [0.1, 0.15) is 24.1 Å². The summed E-state index contributed by atoms with van der Waals surface area (Å²) in [6, 6.07) is 17.9. The first-order chi connectivity index (χ1) is 15.1. The molecule has 31 heavy (non-hydrogen) atoms. The number of aromatic nitrogens is 2. The predicted molar refractivity (Wildman–Crippen MR) is 124 cm³/mol. The van der Waals surface area contributed by atoms with Crippen LogP contribution in [0.3, 0.4) is 0 Å². The molecule has 0 saturated carbocycles. The number of carbonyl (C=O) groups excluding carboxylic acids is 2. The Bertz CT molecular complexity index is 1060. The number of carbonyl (C=O) groups is 2. The number of anilines is 1. The van der Waals surface area contributed by atoms with E-state index in [-0.39, 0.29) is 11.8 Å². The molecule has 6 nitrogen and oxygen atoms in total. The molecule has 2 amide bonds. The van der Waals surface area contributed by atoms with Crippen molar-refractivity contribution in [2.24, 2.45) is 0 Å². The highest BCUT2D eigenvalue weighted by atomic mass is 32.2. The molecular weight excluding hydrogens is 408 g/mol. The number of benzene rings is 2. The average Bonchev–Trinajstić information content (AvgIpc) is 3.17. The average molecular weight is 435 g/mol. The number of aryl methyl sites for hydroxylation is 2. The minimum absolute atomic E-state index is 0.0276. The summed E-state index contributed by atoms with van der Waals surface area (Å²) in [6.45, 7) is 3.03. The molecule has 0 bridgehead atoms. The normalized spacial score (nSPS) is 13.2. The van der Waals surface area contributed by atoms with Crippen molar-refractivity contribution in [1.82, 2.24) is 15.1 Å². The first kappa shape index (κ1) is 21.2. The van der Waals surface area contributed by atoms with Gasteiger partial charge < -0.3 is 10.2 Å². The van der Waals surface area contributed by atoms with Crippen LogP contribution in [0.15, 0.2) is 65.7 Å². The lowest BCUT2D eigenvalue weighted by Crippen LogP contribution is -2.38. The lowest BCUT2D eigenvalue weighted by molar-refractivity contribution is -0.121. The predicted octanol–water partition coefficient (Wildman–Crippen LogP) is 3.76. The minimum atomic E-state index is -0.0276. The summed E-state index contributed by atoms with van der Waals surface area (Å²) in [5.41, 5.74) is 4.14. The van der Waals surface area contributed by atoms with Gasteiger partial charge in [0.2, 0.25) is 11.8 Å². The zero-order valence-corrected chi connectivity index (χ0v) is 18.4. The standard InChI is InChI=1S/C24H26N4O2S/c1-18-19(16-28(26-18)20-9-3-2-4-10-20)8-7-14-25-23(29)13-15-27-21-11-5-6-12-22(21)31-17-24(27)30/h2-6,9-12,16H,7-8,13-15,17H2,1H3,(H,25,29). The van der Waals surface area contributed by atoms with Crippen molar-refractivity contribution in [2.75, 3.05) is 23.7 Å². The van der Waals surface area contributed by atoms with E-state index in [9.17, 15) is 9.59 Å². The third kappa shape index (κ3) is 5.17. The van der Waals surface area contributed by atoms with E-state index in [1.165, 1.54) is 5.56 Å². The van der Waals surface area contributed by atoms with E-state index in [1.54, 1.807) is 16.7 Å².